The highest BCUT2D eigenvalue weighted by molar-refractivity contribution is 6.17. The van der Waals surface area contributed by atoms with Gasteiger partial charge in [-0.1, -0.05) is 11.3 Å². The molecule has 29 heavy (non-hydrogen) atoms. The van der Waals surface area contributed by atoms with Gasteiger partial charge in [0.2, 0.25) is 0 Å². The van der Waals surface area contributed by atoms with Crippen LogP contribution in [0.3, 0.4) is 0 Å². The molecule has 1 aliphatic rings. The summed E-state index contributed by atoms with van der Waals surface area (Å²) in [5.74, 6) is 0.447. The van der Waals surface area contributed by atoms with Gasteiger partial charge in [-0.15, -0.1) is 16.7 Å². The molecule has 0 N–H and O–H groups in total. The molecule has 0 saturated heterocycles. The van der Waals surface area contributed by atoms with E-state index in [1.807, 2.05) is 32.4 Å². The van der Waals surface area contributed by atoms with E-state index in [0.29, 0.717) is 24.1 Å². The summed E-state index contributed by atoms with van der Waals surface area (Å²) in [5.41, 5.74) is 5.10. The second-order valence-corrected chi connectivity index (χ2v) is 8.75. The first-order chi connectivity index (χ1) is 13.8. The molecule has 152 valence electrons. The quantitative estimate of drug-likeness (QED) is 0.434. The van der Waals surface area contributed by atoms with E-state index in [1.165, 1.54) is 0 Å². The summed E-state index contributed by atoms with van der Waals surface area (Å²) in [6.07, 6.45) is 4.44. The van der Waals surface area contributed by atoms with Gasteiger partial charge >= 0.3 is 5.97 Å². The Morgan fingerprint density at radius 3 is 2.72 bits per heavy atom. The lowest BCUT2D eigenvalue weighted by Gasteiger charge is -2.23. The standard InChI is InChI=1S/C22H25ClN4O2/c1-13-15(5-8-19-20(13)25-26-27(19)17-6-7-17)10-22(3,4)21(28)29-18-9-16(11-23)14(2)24-12-18/h5,8-9,12,17H,6-7,10-11H2,1-4H3. The van der Waals surface area contributed by atoms with Crippen molar-refractivity contribution in [1.82, 2.24) is 20.0 Å². The average molecular weight is 413 g/mol. The van der Waals surface area contributed by atoms with Crippen molar-refractivity contribution in [2.75, 3.05) is 0 Å². The molecular formula is C22H25ClN4O2. The van der Waals surface area contributed by atoms with Crippen LogP contribution in [-0.2, 0) is 17.1 Å². The van der Waals surface area contributed by atoms with Crippen LogP contribution in [0.25, 0.3) is 11.0 Å². The minimum Gasteiger partial charge on any atom is -0.424 e. The Kier molecular flexibility index (Phi) is 5.07. The highest BCUT2D eigenvalue weighted by Gasteiger charge is 2.32. The first-order valence-corrected chi connectivity index (χ1v) is 10.4. The van der Waals surface area contributed by atoms with E-state index in [0.717, 1.165) is 46.3 Å². The van der Waals surface area contributed by atoms with Crippen LogP contribution in [0.2, 0.25) is 0 Å². The number of hydrogen-bond donors (Lipinski definition) is 0. The van der Waals surface area contributed by atoms with Crippen LogP contribution in [0.15, 0.2) is 24.4 Å². The molecule has 1 saturated carbocycles. The van der Waals surface area contributed by atoms with E-state index < -0.39 is 5.41 Å². The summed E-state index contributed by atoms with van der Waals surface area (Å²) in [4.78, 5) is 17.1. The topological polar surface area (TPSA) is 69.9 Å². The van der Waals surface area contributed by atoms with Crippen LogP contribution < -0.4 is 4.74 Å². The molecule has 2 heterocycles. The van der Waals surface area contributed by atoms with Gasteiger partial charge in [-0.05, 0) is 75.8 Å². The zero-order valence-corrected chi connectivity index (χ0v) is 18.0. The van der Waals surface area contributed by atoms with Crippen LogP contribution in [-0.4, -0.2) is 25.9 Å². The Labute approximate surface area is 175 Å². The molecule has 0 bridgehead atoms. The van der Waals surface area contributed by atoms with Crippen molar-refractivity contribution in [3.8, 4) is 5.75 Å². The van der Waals surface area contributed by atoms with E-state index in [9.17, 15) is 4.79 Å². The first-order valence-electron chi connectivity index (χ1n) is 9.87. The van der Waals surface area contributed by atoms with Gasteiger partial charge in [0.05, 0.1) is 23.2 Å². The Morgan fingerprint density at radius 2 is 2.03 bits per heavy atom. The van der Waals surface area contributed by atoms with Gasteiger partial charge in [-0.3, -0.25) is 9.78 Å². The lowest BCUT2D eigenvalue weighted by Crippen LogP contribution is -2.31. The van der Waals surface area contributed by atoms with Gasteiger partial charge in [0, 0.05) is 11.6 Å². The lowest BCUT2D eigenvalue weighted by molar-refractivity contribution is -0.143. The van der Waals surface area contributed by atoms with Crippen LogP contribution in [0.4, 0.5) is 0 Å². The van der Waals surface area contributed by atoms with Gasteiger partial charge < -0.3 is 4.74 Å². The largest absolute Gasteiger partial charge is 0.424 e. The summed E-state index contributed by atoms with van der Waals surface area (Å²) >= 11 is 5.93. The predicted octanol–water partition coefficient (Wildman–Crippen LogP) is 4.69. The van der Waals surface area contributed by atoms with Crippen molar-refractivity contribution in [3.63, 3.8) is 0 Å². The third-order valence-corrected chi connectivity index (χ3v) is 5.90. The third-order valence-electron chi connectivity index (χ3n) is 5.61. The van der Waals surface area contributed by atoms with Gasteiger partial charge in [0.1, 0.15) is 11.3 Å². The number of aryl methyl sites for hydroxylation is 2. The van der Waals surface area contributed by atoms with E-state index in [-0.39, 0.29) is 5.97 Å². The van der Waals surface area contributed by atoms with Gasteiger partial charge in [-0.2, -0.15) is 0 Å². The molecule has 0 radical (unpaired) electrons. The minimum absolute atomic E-state index is 0.301. The number of nitrogens with zero attached hydrogens (tertiary/aromatic N) is 4. The SMILES string of the molecule is Cc1ncc(OC(=O)C(C)(C)Cc2ccc3c(nnn3C3CC3)c2C)cc1CCl. The highest BCUT2D eigenvalue weighted by atomic mass is 35.5. The van der Waals surface area contributed by atoms with Crippen LogP contribution in [0.5, 0.6) is 5.75 Å². The van der Waals surface area contributed by atoms with Crippen molar-refractivity contribution < 1.29 is 9.53 Å². The maximum atomic E-state index is 12.9. The number of hydrogen-bond acceptors (Lipinski definition) is 5. The summed E-state index contributed by atoms with van der Waals surface area (Å²) in [7, 11) is 0. The van der Waals surface area contributed by atoms with Crippen LogP contribution in [0, 0.1) is 19.3 Å². The number of halogens is 1. The van der Waals surface area contributed by atoms with Crippen LogP contribution in [0.1, 0.15) is 55.1 Å². The molecule has 2 aromatic heterocycles. The number of fused-ring (bicyclic) bond motifs is 1. The van der Waals surface area contributed by atoms with Gasteiger partial charge in [0.15, 0.2) is 0 Å². The summed E-state index contributed by atoms with van der Waals surface area (Å²) in [6, 6.07) is 6.40. The molecule has 4 rings (SSSR count). The maximum Gasteiger partial charge on any atom is 0.317 e. The minimum atomic E-state index is -0.711. The molecule has 1 fully saturated rings. The molecule has 6 nitrogen and oxygen atoms in total. The summed E-state index contributed by atoms with van der Waals surface area (Å²) in [5, 5.41) is 8.71. The lowest BCUT2D eigenvalue weighted by atomic mass is 9.84. The molecule has 0 amide bonds. The number of rotatable bonds is 6. The zero-order chi connectivity index (χ0) is 20.8. The zero-order valence-electron chi connectivity index (χ0n) is 17.2. The van der Waals surface area contributed by atoms with Crippen molar-refractivity contribution in [2.45, 2.75) is 58.9 Å². The number of carbonyl (C=O) groups is 1. The third kappa shape index (κ3) is 3.86. The second kappa shape index (κ2) is 7.41. The fourth-order valence-electron chi connectivity index (χ4n) is 3.50. The molecule has 3 aromatic rings. The summed E-state index contributed by atoms with van der Waals surface area (Å²) in [6.45, 7) is 7.71. The molecule has 0 unspecified atom stereocenters. The smallest absolute Gasteiger partial charge is 0.317 e. The fourth-order valence-corrected chi connectivity index (χ4v) is 3.77. The molecule has 0 atom stereocenters. The van der Waals surface area contributed by atoms with E-state index in [4.69, 9.17) is 16.3 Å². The number of aromatic nitrogens is 4. The molecule has 0 spiro atoms. The highest BCUT2D eigenvalue weighted by Crippen LogP contribution is 2.37. The number of benzene rings is 1. The van der Waals surface area contributed by atoms with E-state index in [1.54, 1.807) is 12.3 Å². The average Bonchev–Trinajstić information content (AvgIpc) is 3.44. The maximum absolute atomic E-state index is 12.9. The Hall–Kier alpha value is -2.47. The molecule has 1 aromatic carbocycles. The van der Waals surface area contributed by atoms with Gasteiger partial charge in [-0.25, -0.2) is 4.68 Å². The number of alkyl halides is 1. The predicted molar refractivity (Wildman–Crippen MR) is 112 cm³/mol. The van der Waals surface area contributed by atoms with E-state index in [2.05, 4.69) is 27.4 Å². The second-order valence-electron chi connectivity index (χ2n) is 8.48. The van der Waals surface area contributed by atoms with Crippen molar-refractivity contribution in [2.24, 2.45) is 5.41 Å². The van der Waals surface area contributed by atoms with Crippen molar-refractivity contribution in [3.05, 3.63) is 46.8 Å². The normalized spacial score (nSPS) is 14.4. The Balaban J connectivity index is 1.54. The number of carbonyl (C=O) groups excluding carboxylic acids is 1. The monoisotopic (exact) mass is 412 g/mol. The molecule has 1 aliphatic carbocycles. The summed E-state index contributed by atoms with van der Waals surface area (Å²) < 4.78 is 7.65. The van der Waals surface area contributed by atoms with Crippen molar-refractivity contribution >= 4 is 28.6 Å². The molecule has 7 heteroatoms. The first kappa shape index (κ1) is 19.8. The number of esters is 1. The van der Waals surface area contributed by atoms with E-state index >= 15 is 0 Å². The Morgan fingerprint density at radius 1 is 1.28 bits per heavy atom. The van der Waals surface area contributed by atoms with Crippen LogP contribution >= 0.6 is 11.6 Å². The number of pyridine rings is 1. The molecule has 0 aliphatic heterocycles. The fraction of sp³-hybridized carbons (Fsp3) is 0.455. The van der Waals surface area contributed by atoms with Crippen molar-refractivity contribution in [1.29, 1.82) is 0 Å². The molecular weight excluding hydrogens is 388 g/mol. The van der Waals surface area contributed by atoms with Gasteiger partial charge in [0.25, 0.3) is 0 Å². The number of ether oxygens (including phenoxy) is 1. The Bertz CT molecular complexity index is 1090.